The normalized spacial score (nSPS) is 12.9. The van der Waals surface area contributed by atoms with Crippen LogP contribution in [0.25, 0.3) is 0 Å². The van der Waals surface area contributed by atoms with Crippen LogP contribution in [-0.2, 0) is 0 Å². The third-order valence-corrected chi connectivity index (χ3v) is 2.90. The van der Waals surface area contributed by atoms with Crippen molar-refractivity contribution in [2.24, 2.45) is 5.92 Å². The van der Waals surface area contributed by atoms with Gasteiger partial charge in [0, 0.05) is 11.7 Å². The van der Waals surface area contributed by atoms with Crippen molar-refractivity contribution < 1.29 is 0 Å². The van der Waals surface area contributed by atoms with Gasteiger partial charge in [-0.25, -0.2) is 0 Å². The largest absolute Gasteiger partial charge is 0.387 e. The van der Waals surface area contributed by atoms with Crippen molar-refractivity contribution in [2.75, 3.05) is 0 Å². The van der Waals surface area contributed by atoms with Crippen LogP contribution in [0.2, 0.25) is 0 Å². The minimum atomic E-state index is 0.585. The van der Waals surface area contributed by atoms with Gasteiger partial charge in [-0.3, -0.25) is 0 Å². The molecule has 0 saturated heterocycles. The average Bonchev–Trinajstić information content (AvgIpc) is 2.11. The highest BCUT2D eigenvalue weighted by molar-refractivity contribution is 4.86. The summed E-state index contributed by atoms with van der Waals surface area (Å²) in [6.45, 7) is 12.7. The number of nitrogens with one attached hydrogen (secondary N) is 1. The fourth-order valence-electron chi connectivity index (χ4n) is 1.90. The molecule has 14 heavy (non-hydrogen) atoms. The molecule has 1 nitrogen and oxygen atoms in total. The summed E-state index contributed by atoms with van der Waals surface area (Å²) in [4.78, 5) is 0. The summed E-state index contributed by atoms with van der Waals surface area (Å²) in [6, 6.07) is 0.585. The van der Waals surface area contributed by atoms with E-state index in [4.69, 9.17) is 0 Å². The molecule has 0 aliphatic rings. The zero-order chi connectivity index (χ0) is 11.0. The quantitative estimate of drug-likeness (QED) is 0.617. The molecule has 0 aromatic rings. The van der Waals surface area contributed by atoms with Crippen LogP contribution in [-0.4, -0.2) is 6.04 Å². The summed E-state index contributed by atoms with van der Waals surface area (Å²) in [6.07, 6.45) is 6.66. The van der Waals surface area contributed by atoms with Crippen molar-refractivity contribution in [2.45, 2.75) is 65.8 Å². The van der Waals surface area contributed by atoms with Gasteiger partial charge in [0.1, 0.15) is 0 Å². The second-order valence-corrected chi connectivity index (χ2v) is 4.44. The zero-order valence-corrected chi connectivity index (χ0v) is 10.4. The lowest BCUT2D eigenvalue weighted by Crippen LogP contribution is -2.23. The molecule has 0 amide bonds. The van der Waals surface area contributed by atoms with Crippen LogP contribution in [0.5, 0.6) is 0 Å². The molecular weight excluding hydrogens is 170 g/mol. The molecule has 0 heterocycles. The molecule has 0 aliphatic carbocycles. The number of allylic oxidation sites excluding steroid dienone is 1. The Morgan fingerprint density at radius 1 is 1.21 bits per heavy atom. The Morgan fingerprint density at radius 2 is 1.79 bits per heavy atom. The Morgan fingerprint density at radius 3 is 2.21 bits per heavy atom. The fraction of sp³-hybridized carbons (Fsp3) is 0.846. The monoisotopic (exact) mass is 197 g/mol. The number of rotatable bonds is 8. The van der Waals surface area contributed by atoms with Crippen LogP contribution in [0.4, 0.5) is 0 Å². The molecule has 0 aromatic carbocycles. The summed E-state index contributed by atoms with van der Waals surface area (Å²) in [5, 5.41) is 3.36. The first-order valence-electron chi connectivity index (χ1n) is 6.02. The lowest BCUT2D eigenvalue weighted by Gasteiger charge is -2.17. The predicted octanol–water partition coefficient (Wildman–Crippen LogP) is 4.10. The Hall–Kier alpha value is -0.460. The summed E-state index contributed by atoms with van der Waals surface area (Å²) in [7, 11) is 0. The van der Waals surface area contributed by atoms with E-state index in [1.54, 1.807) is 0 Å². The van der Waals surface area contributed by atoms with E-state index in [-0.39, 0.29) is 0 Å². The first kappa shape index (κ1) is 13.5. The van der Waals surface area contributed by atoms with Crippen LogP contribution in [0, 0.1) is 5.92 Å². The van der Waals surface area contributed by atoms with Crippen molar-refractivity contribution in [3.05, 3.63) is 12.3 Å². The van der Waals surface area contributed by atoms with Crippen LogP contribution in [0.3, 0.4) is 0 Å². The second-order valence-electron chi connectivity index (χ2n) is 4.44. The highest BCUT2D eigenvalue weighted by atomic mass is 14.9. The second kappa shape index (κ2) is 7.90. The van der Waals surface area contributed by atoms with E-state index in [9.17, 15) is 0 Å². The minimum Gasteiger partial charge on any atom is -0.387 e. The molecule has 1 N–H and O–H groups in total. The van der Waals surface area contributed by atoms with Crippen molar-refractivity contribution in [1.29, 1.82) is 0 Å². The van der Waals surface area contributed by atoms with Gasteiger partial charge in [0.2, 0.25) is 0 Å². The summed E-state index contributed by atoms with van der Waals surface area (Å²) >= 11 is 0. The Labute approximate surface area is 90.0 Å². The Balaban J connectivity index is 3.47. The summed E-state index contributed by atoms with van der Waals surface area (Å²) in [5.41, 5.74) is 1.08. The first-order valence-corrected chi connectivity index (χ1v) is 6.02. The molecule has 84 valence electrons. The maximum atomic E-state index is 3.86. The average molecular weight is 197 g/mol. The van der Waals surface area contributed by atoms with Gasteiger partial charge in [0.05, 0.1) is 0 Å². The molecule has 0 aromatic heterocycles. The molecule has 0 bridgehead atoms. The van der Waals surface area contributed by atoms with Gasteiger partial charge in [-0.2, -0.15) is 0 Å². The van der Waals surface area contributed by atoms with Gasteiger partial charge < -0.3 is 5.32 Å². The van der Waals surface area contributed by atoms with E-state index >= 15 is 0 Å². The van der Waals surface area contributed by atoms with Crippen molar-refractivity contribution in [3.8, 4) is 0 Å². The van der Waals surface area contributed by atoms with E-state index in [1.165, 1.54) is 32.1 Å². The molecular formula is C13H27N. The van der Waals surface area contributed by atoms with Gasteiger partial charge in [-0.05, 0) is 26.2 Å². The number of hydrogen-bond donors (Lipinski definition) is 1. The van der Waals surface area contributed by atoms with Crippen LogP contribution >= 0.6 is 0 Å². The third-order valence-electron chi connectivity index (χ3n) is 2.90. The van der Waals surface area contributed by atoms with Crippen molar-refractivity contribution in [1.82, 2.24) is 5.32 Å². The third kappa shape index (κ3) is 6.99. The van der Waals surface area contributed by atoms with Crippen LogP contribution < -0.4 is 5.32 Å². The molecule has 0 fully saturated rings. The summed E-state index contributed by atoms with van der Waals surface area (Å²) < 4.78 is 0. The standard InChI is InChI=1S/C13H27N/c1-6-13(7-2)10-8-9-12(5)14-11(3)4/h12-14H,3,6-10H2,1-2,4-5H3. The Kier molecular flexibility index (Phi) is 7.64. The SMILES string of the molecule is C=C(C)NC(C)CCCC(CC)CC. The highest BCUT2D eigenvalue weighted by Gasteiger charge is 2.05. The van der Waals surface area contributed by atoms with E-state index in [0.717, 1.165) is 11.6 Å². The number of hydrogen-bond acceptors (Lipinski definition) is 1. The predicted molar refractivity (Wildman–Crippen MR) is 65.3 cm³/mol. The molecule has 1 unspecified atom stereocenters. The maximum Gasteiger partial charge on any atom is 0.0229 e. The minimum absolute atomic E-state index is 0.585. The Bertz CT molecular complexity index is 147. The lowest BCUT2D eigenvalue weighted by molar-refractivity contribution is 0.414. The summed E-state index contributed by atoms with van der Waals surface area (Å²) in [5.74, 6) is 0.937. The van der Waals surface area contributed by atoms with Gasteiger partial charge in [-0.15, -0.1) is 0 Å². The molecule has 0 aliphatic heterocycles. The van der Waals surface area contributed by atoms with Crippen molar-refractivity contribution in [3.63, 3.8) is 0 Å². The zero-order valence-electron chi connectivity index (χ0n) is 10.4. The molecule has 0 spiro atoms. The highest BCUT2D eigenvalue weighted by Crippen LogP contribution is 2.16. The molecule has 0 radical (unpaired) electrons. The van der Waals surface area contributed by atoms with Gasteiger partial charge in [0.25, 0.3) is 0 Å². The van der Waals surface area contributed by atoms with Gasteiger partial charge in [-0.1, -0.05) is 46.1 Å². The smallest absolute Gasteiger partial charge is 0.0229 e. The van der Waals surface area contributed by atoms with E-state index in [0.29, 0.717) is 6.04 Å². The van der Waals surface area contributed by atoms with E-state index in [2.05, 4.69) is 32.7 Å². The van der Waals surface area contributed by atoms with Gasteiger partial charge in [0.15, 0.2) is 0 Å². The molecule has 0 rings (SSSR count). The lowest BCUT2D eigenvalue weighted by atomic mass is 9.95. The van der Waals surface area contributed by atoms with Crippen LogP contribution in [0.15, 0.2) is 12.3 Å². The molecule has 1 heteroatoms. The topological polar surface area (TPSA) is 12.0 Å². The maximum absolute atomic E-state index is 3.86. The van der Waals surface area contributed by atoms with Crippen LogP contribution in [0.1, 0.15) is 59.8 Å². The molecule has 1 atom stereocenters. The first-order chi connectivity index (χ1) is 6.60. The van der Waals surface area contributed by atoms with Crippen molar-refractivity contribution >= 4 is 0 Å². The van der Waals surface area contributed by atoms with E-state index < -0.39 is 0 Å². The molecule has 0 saturated carbocycles. The fourth-order valence-corrected chi connectivity index (χ4v) is 1.90. The van der Waals surface area contributed by atoms with Gasteiger partial charge >= 0.3 is 0 Å². The van der Waals surface area contributed by atoms with E-state index in [1.807, 2.05) is 6.92 Å².